The highest BCUT2D eigenvalue weighted by Crippen LogP contribution is 2.29. The van der Waals surface area contributed by atoms with Gasteiger partial charge in [0.25, 0.3) is 0 Å². The molecule has 6 rings (SSSR count). The summed E-state index contributed by atoms with van der Waals surface area (Å²) < 4.78 is 11.4. The van der Waals surface area contributed by atoms with Crippen molar-refractivity contribution in [3.8, 4) is 23.0 Å². The summed E-state index contributed by atoms with van der Waals surface area (Å²) in [7, 11) is 0. The molecule has 56 heavy (non-hydrogen) atoms. The zero-order valence-electron chi connectivity index (χ0n) is 30.3. The van der Waals surface area contributed by atoms with Crippen molar-refractivity contribution in [3.05, 3.63) is 186 Å². The number of carbonyl (C=O) groups excluding carboxylic acids is 2. The number of rotatable bonds is 15. The molecule has 10 heteroatoms. The lowest BCUT2D eigenvalue weighted by molar-refractivity contribution is -0.116. The number of benzene rings is 6. The van der Waals surface area contributed by atoms with Gasteiger partial charge in [0.1, 0.15) is 23.0 Å². The Labute approximate surface area is 324 Å². The van der Waals surface area contributed by atoms with E-state index in [1.54, 1.807) is 42.5 Å². The summed E-state index contributed by atoms with van der Waals surface area (Å²) in [6.45, 7) is 0. The van der Waals surface area contributed by atoms with Gasteiger partial charge in [-0.05, 0) is 72.5 Å². The van der Waals surface area contributed by atoms with E-state index in [9.17, 15) is 29.4 Å². The van der Waals surface area contributed by atoms with Crippen LogP contribution in [0.1, 0.15) is 51.1 Å². The number of amides is 2. The van der Waals surface area contributed by atoms with E-state index < -0.39 is 11.9 Å². The molecule has 0 aliphatic carbocycles. The van der Waals surface area contributed by atoms with E-state index >= 15 is 0 Å². The second-order valence-electron chi connectivity index (χ2n) is 12.3. The Hall–Kier alpha value is -7.46. The van der Waals surface area contributed by atoms with Gasteiger partial charge in [0.15, 0.2) is 0 Å². The minimum Gasteiger partial charge on any atom is -0.478 e. The first-order valence-electron chi connectivity index (χ1n) is 17.8. The third kappa shape index (κ3) is 12.9. The molecule has 0 spiro atoms. The second-order valence-corrected chi connectivity index (χ2v) is 12.3. The summed E-state index contributed by atoms with van der Waals surface area (Å²) in [5.74, 6) is -0.629. The summed E-state index contributed by atoms with van der Waals surface area (Å²) in [5.41, 5.74) is 2.60. The lowest BCUT2D eigenvalue weighted by atomic mass is 10.1. The van der Waals surface area contributed by atoms with Gasteiger partial charge in [0, 0.05) is 25.0 Å². The van der Waals surface area contributed by atoms with Gasteiger partial charge in [-0.3, -0.25) is 9.59 Å². The molecule has 6 aromatic carbocycles. The molecule has 6 aromatic rings. The van der Waals surface area contributed by atoms with Crippen molar-refractivity contribution in [1.82, 2.24) is 0 Å². The molecule has 0 atom stereocenters. The van der Waals surface area contributed by atoms with Crippen LogP contribution in [-0.2, 0) is 16.0 Å². The van der Waals surface area contributed by atoms with Gasteiger partial charge in [0.05, 0.1) is 22.5 Å². The molecular weight excluding hydrogens is 709 g/mol. The highest BCUT2D eigenvalue weighted by atomic mass is 16.5. The van der Waals surface area contributed by atoms with Crippen molar-refractivity contribution in [2.24, 2.45) is 0 Å². The van der Waals surface area contributed by atoms with Crippen LogP contribution in [0.3, 0.4) is 0 Å². The van der Waals surface area contributed by atoms with Gasteiger partial charge in [-0.1, -0.05) is 109 Å². The third-order valence-corrected chi connectivity index (χ3v) is 8.07. The molecule has 0 aliphatic rings. The van der Waals surface area contributed by atoms with Crippen molar-refractivity contribution >= 4 is 41.2 Å². The molecule has 10 nitrogen and oxygen atoms in total. The predicted molar refractivity (Wildman–Crippen MR) is 217 cm³/mol. The molecule has 2 amide bonds. The number of carboxylic acid groups (broad SMARTS) is 2. The van der Waals surface area contributed by atoms with E-state index in [1.165, 1.54) is 29.8 Å². The van der Waals surface area contributed by atoms with Gasteiger partial charge in [-0.25, -0.2) is 9.59 Å². The maximum absolute atomic E-state index is 12.3. The molecule has 0 heterocycles. The summed E-state index contributed by atoms with van der Waals surface area (Å²) >= 11 is 0. The Morgan fingerprint density at radius 2 is 0.964 bits per heavy atom. The number of para-hydroxylation sites is 2. The molecule has 0 radical (unpaired) electrons. The Balaban J connectivity index is 0.000000214. The topological polar surface area (TPSA) is 151 Å². The molecule has 282 valence electrons. The van der Waals surface area contributed by atoms with Gasteiger partial charge >= 0.3 is 11.9 Å². The number of anilines is 2. The Bertz CT molecular complexity index is 2240. The van der Waals surface area contributed by atoms with Crippen molar-refractivity contribution < 1.29 is 38.9 Å². The first kappa shape index (κ1) is 39.7. The molecule has 0 aliphatic heterocycles. The van der Waals surface area contributed by atoms with Crippen molar-refractivity contribution in [3.63, 3.8) is 0 Å². The summed E-state index contributed by atoms with van der Waals surface area (Å²) in [5, 5.41) is 24.1. The molecule has 0 bridgehead atoms. The largest absolute Gasteiger partial charge is 0.478 e. The van der Waals surface area contributed by atoms with Crippen LogP contribution in [-0.4, -0.2) is 34.0 Å². The monoisotopic (exact) mass is 748 g/mol. The van der Waals surface area contributed by atoms with Gasteiger partial charge < -0.3 is 30.3 Å². The fraction of sp³-hybridized carbons (Fsp3) is 0.0870. The lowest BCUT2D eigenvalue weighted by Crippen LogP contribution is -2.14. The highest BCUT2D eigenvalue weighted by Gasteiger charge is 2.15. The van der Waals surface area contributed by atoms with Crippen LogP contribution < -0.4 is 20.1 Å². The quantitative estimate of drug-likeness (QED) is 0.0810. The van der Waals surface area contributed by atoms with E-state index in [0.29, 0.717) is 35.8 Å². The van der Waals surface area contributed by atoms with E-state index in [2.05, 4.69) is 10.6 Å². The summed E-state index contributed by atoms with van der Waals surface area (Å²) in [4.78, 5) is 47.5. The number of ether oxygens (including phenoxy) is 2. The van der Waals surface area contributed by atoms with Gasteiger partial charge in [-0.2, -0.15) is 0 Å². The van der Waals surface area contributed by atoms with Crippen molar-refractivity contribution in [2.75, 3.05) is 10.6 Å². The summed E-state index contributed by atoms with van der Waals surface area (Å²) in [6.07, 6.45) is 5.47. The van der Waals surface area contributed by atoms with Crippen LogP contribution in [0.15, 0.2) is 164 Å². The standard InChI is InChI=1S/C23H21NO4.C23H19NO4/c2*25-22(13-7-10-17-8-3-1-4-9-17)24-21-16-19(14-15-20(21)23(26)27)28-18-11-5-2-6-12-18/h1-6,8-9,11-12,14-16H,7,10,13H2,(H,24,25)(H,26,27);1-12,14-16H,13H2,(H,24,25)(H,26,27)/b;10-7+. The number of aromatic carboxylic acids is 2. The minimum absolute atomic E-state index is 0.000741. The van der Waals surface area contributed by atoms with E-state index in [-0.39, 0.29) is 40.7 Å². The molecule has 0 aromatic heterocycles. The summed E-state index contributed by atoms with van der Waals surface area (Å²) in [6, 6.07) is 46.8. The maximum Gasteiger partial charge on any atom is 0.337 e. The van der Waals surface area contributed by atoms with Gasteiger partial charge in [0.2, 0.25) is 11.8 Å². The van der Waals surface area contributed by atoms with Gasteiger partial charge in [-0.15, -0.1) is 0 Å². The Kier molecular flexibility index (Phi) is 14.7. The molecule has 0 unspecified atom stereocenters. The number of hydrogen-bond acceptors (Lipinski definition) is 6. The third-order valence-electron chi connectivity index (χ3n) is 8.07. The Morgan fingerprint density at radius 3 is 1.45 bits per heavy atom. The number of hydrogen-bond donors (Lipinski definition) is 4. The zero-order chi connectivity index (χ0) is 39.5. The second kappa shape index (κ2) is 20.7. The van der Waals surface area contributed by atoms with E-state index in [4.69, 9.17) is 9.47 Å². The maximum atomic E-state index is 12.3. The predicted octanol–water partition coefficient (Wildman–Crippen LogP) is 10.4. The normalized spacial score (nSPS) is 10.4. The molecule has 0 saturated carbocycles. The molecular formula is C46H40N2O8. The lowest BCUT2D eigenvalue weighted by Gasteiger charge is -2.12. The SMILES string of the molecule is O=C(C/C=C/c1ccccc1)Nc1cc(Oc2ccccc2)ccc1C(=O)O.O=C(CCCc1ccccc1)Nc1cc(Oc2ccccc2)ccc1C(=O)O. The van der Waals surface area contributed by atoms with Crippen LogP contribution in [0.2, 0.25) is 0 Å². The van der Waals surface area contributed by atoms with Crippen LogP contribution in [0, 0.1) is 0 Å². The van der Waals surface area contributed by atoms with Crippen molar-refractivity contribution in [2.45, 2.75) is 25.7 Å². The van der Waals surface area contributed by atoms with Crippen LogP contribution in [0.25, 0.3) is 6.08 Å². The average molecular weight is 749 g/mol. The highest BCUT2D eigenvalue weighted by molar-refractivity contribution is 6.02. The van der Waals surface area contributed by atoms with Crippen LogP contribution in [0.4, 0.5) is 11.4 Å². The molecule has 0 fully saturated rings. The van der Waals surface area contributed by atoms with Crippen LogP contribution >= 0.6 is 0 Å². The minimum atomic E-state index is -1.12. The molecule has 0 saturated heterocycles. The first-order chi connectivity index (χ1) is 27.2. The number of carboxylic acids is 2. The fourth-order valence-corrected chi connectivity index (χ4v) is 5.38. The fourth-order valence-electron chi connectivity index (χ4n) is 5.38. The first-order valence-corrected chi connectivity index (χ1v) is 17.8. The van der Waals surface area contributed by atoms with E-state index in [0.717, 1.165) is 12.0 Å². The van der Waals surface area contributed by atoms with E-state index in [1.807, 2.05) is 103 Å². The average Bonchev–Trinajstić information content (AvgIpc) is 3.20. The van der Waals surface area contributed by atoms with Crippen molar-refractivity contribution in [1.29, 1.82) is 0 Å². The number of carbonyl (C=O) groups is 4. The molecule has 4 N–H and O–H groups in total. The van der Waals surface area contributed by atoms with Crippen LogP contribution in [0.5, 0.6) is 23.0 Å². The Morgan fingerprint density at radius 1 is 0.518 bits per heavy atom. The number of nitrogens with one attached hydrogen (secondary N) is 2. The number of aryl methyl sites for hydroxylation is 1. The smallest absolute Gasteiger partial charge is 0.337 e. The zero-order valence-corrected chi connectivity index (χ0v) is 30.3.